The van der Waals surface area contributed by atoms with Crippen LogP contribution in [-0.2, 0) is 6.54 Å². The highest BCUT2D eigenvalue weighted by molar-refractivity contribution is 5.23. The Morgan fingerprint density at radius 2 is 2.19 bits per heavy atom. The Morgan fingerprint density at radius 3 is 2.90 bits per heavy atom. The molecule has 3 heterocycles. The molecule has 0 bridgehead atoms. The average Bonchev–Trinajstić information content (AvgIpc) is 3.08. The monoisotopic (exact) mass is 287 g/mol. The van der Waals surface area contributed by atoms with E-state index in [2.05, 4.69) is 32.2 Å². The van der Waals surface area contributed by atoms with Gasteiger partial charge in [-0.05, 0) is 43.6 Å². The van der Waals surface area contributed by atoms with Gasteiger partial charge < -0.3 is 9.42 Å². The van der Waals surface area contributed by atoms with Gasteiger partial charge in [0.2, 0.25) is 5.89 Å². The van der Waals surface area contributed by atoms with E-state index in [1.54, 1.807) is 0 Å². The zero-order chi connectivity index (χ0) is 14.8. The Bertz CT molecular complexity index is 610. The maximum Gasteiger partial charge on any atom is 0.265 e. The third-order valence-electron chi connectivity index (χ3n) is 3.81. The van der Waals surface area contributed by atoms with E-state index in [0.717, 1.165) is 24.4 Å². The number of hydrogen-bond donors (Lipinski definition) is 0. The summed E-state index contributed by atoms with van der Waals surface area (Å²) in [6.07, 6.45) is 2.31. The fraction of sp³-hybridized carbons (Fsp3) is 0.533. The van der Waals surface area contributed by atoms with Crippen molar-refractivity contribution in [1.82, 2.24) is 20.0 Å². The molecular formula is C15H21N5O. The van der Waals surface area contributed by atoms with Crippen molar-refractivity contribution >= 4 is 5.95 Å². The molecular weight excluding hydrogens is 266 g/mol. The topological polar surface area (TPSA) is 58.3 Å². The summed E-state index contributed by atoms with van der Waals surface area (Å²) in [6.45, 7) is 3.76. The first-order chi connectivity index (χ1) is 10.1. The number of pyridine rings is 1. The Hall–Kier alpha value is -1.95. The molecule has 21 heavy (non-hydrogen) atoms. The van der Waals surface area contributed by atoms with E-state index < -0.39 is 0 Å². The molecule has 0 spiro atoms. The average molecular weight is 287 g/mol. The first kappa shape index (κ1) is 14.0. The van der Waals surface area contributed by atoms with Crippen molar-refractivity contribution in [2.75, 3.05) is 25.5 Å². The molecule has 112 valence electrons. The van der Waals surface area contributed by atoms with Crippen LogP contribution >= 0.6 is 0 Å². The molecule has 1 aliphatic heterocycles. The molecule has 3 rings (SSSR count). The molecule has 0 N–H and O–H groups in total. The summed E-state index contributed by atoms with van der Waals surface area (Å²) in [7, 11) is 3.81. The lowest BCUT2D eigenvalue weighted by Gasteiger charge is -2.22. The highest BCUT2D eigenvalue weighted by Crippen LogP contribution is 2.32. The molecule has 0 amide bonds. The number of aryl methyl sites for hydroxylation is 1. The minimum atomic E-state index is 0.347. The number of aromatic nitrogens is 3. The highest BCUT2D eigenvalue weighted by atomic mass is 16.5. The lowest BCUT2D eigenvalue weighted by molar-refractivity contribution is 0.209. The van der Waals surface area contributed by atoms with Crippen molar-refractivity contribution in [3.8, 4) is 0 Å². The standard InChI is InChI=1S/C15H21N5O/c1-11-6-4-7-12(16-11)13-8-5-9-20(13)10-14-17-15(18-21-14)19(2)3/h4,6-7,13H,5,8-10H2,1-3H3. The minimum absolute atomic E-state index is 0.347. The molecule has 1 saturated heterocycles. The third kappa shape index (κ3) is 3.05. The van der Waals surface area contributed by atoms with Gasteiger partial charge in [0, 0.05) is 19.8 Å². The molecule has 1 fully saturated rings. The molecule has 1 atom stereocenters. The zero-order valence-corrected chi connectivity index (χ0v) is 12.8. The van der Waals surface area contributed by atoms with E-state index in [-0.39, 0.29) is 0 Å². The number of rotatable bonds is 4. The summed E-state index contributed by atoms with van der Waals surface area (Å²) in [4.78, 5) is 13.3. The number of likely N-dealkylation sites (tertiary alicyclic amines) is 1. The summed E-state index contributed by atoms with van der Waals surface area (Å²) < 4.78 is 5.33. The van der Waals surface area contributed by atoms with Crippen LogP contribution in [0, 0.1) is 6.92 Å². The van der Waals surface area contributed by atoms with Gasteiger partial charge in [0.25, 0.3) is 5.95 Å². The lowest BCUT2D eigenvalue weighted by atomic mass is 10.1. The van der Waals surface area contributed by atoms with Gasteiger partial charge in [-0.1, -0.05) is 6.07 Å². The van der Waals surface area contributed by atoms with Crippen LogP contribution in [0.3, 0.4) is 0 Å². The van der Waals surface area contributed by atoms with Crippen molar-refractivity contribution in [2.45, 2.75) is 32.4 Å². The number of hydrogen-bond acceptors (Lipinski definition) is 6. The Morgan fingerprint density at radius 1 is 1.33 bits per heavy atom. The van der Waals surface area contributed by atoms with Crippen molar-refractivity contribution in [3.63, 3.8) is 0 Å². The Kier molecular flexibility index (Phi) is 3.88. The molecule has 6 nitrogen and oxygen atoms in total. The lowest BCUT2D eigenvalue weighted by Crippen LogP contribution is -2.23. The fourth-order valence-electron chi connectivity index (χ4n) is 2.77. The minimum Gasteiger partial charge on any atom is -0.344 e. The predicted molar refractivity (Wildman–Crippen MR) is 80.0 cm³/mol. The van der Waals surface area contributed by atoms with Crippen LogP contribution in [-0.4, -0.2) is 40.7 Å². The largest absolute Gasteiger partial charge is 0.344 e. The van der Waals surface area contributed by atoms with Crippen molar-refractivity contribution in [1.29, 1.82) is 0 Å². The maximum atomic E-state index is 5.33. The zero-order valence-electron chi connectivity index (χ0n) is 12.8. The van der Waals surface area contributed by atoms with Gasteiger partial charge in [0.1, 0.15) is 0 Å². The van der Waals surface area contributed by atoms with Gasteiger partial charge in [0.05, 0.1) is 18.3 Å². The van der Waals surface area contributed by atoms with Crippen LogP contribution < -0.4 is 4.90 Å². The Labute approximate surface area is 124 Å². The predicted octanol–water partition coefficient (Wildman–Crippen LogP) is 2.18. The second-order valence-electron chi connectivity index (χ2n) is 5.71. The van der Waals surface area contributed by atoms with Crippen LogP contribution in [0.15, 0.2) is 22.7 Å². The maximum absolute atomic E-state index is 5.33. The van der Waals surface area contributed by atoms with Crippen LogP contribution in [0.1, 0.15) is 36.2 Å². The van der Waals surface area contributed by atoms with E-state index in [9.17, 15) is 0 Å². The molecule has 2 aromatic heterocycles. The second-order valence-corrected chi connectivity index (χ2v) is 5.71. The van der Waals surface area contributed by atoms with E-state index in [1.165, 1.54) is 6.42 Å². The molecule has 1 unspecified atom stereocenters. The van der Waals surface area contributed by atoms with Crippen LogP contribution in [0.2, 0.25) is 0 Å². The van der Waals surface area contributed by atoms with Crippen LogP contribution in [0.4, 0.5) is 5.95 Å². The molecule has 0 aliphatic carbocycles. The van der Waals surface area contributed by atoms with Gasteiger partial charge >= 0.3 is 0 Å². The molecule has 0 saturated carbocycles. The first-order valence-corrected chi connectivity index (χ1v) is 7.31. The summed E-state index contributed by atoms with van der Waals surface area (Å²) >= 11 is 0. The second kappa shape index (κ2) is 5.81. The number of nitrogens with zero attached hydrogens (tertiary/aromatic N) is 5. The molecule has 2 aromatic rings. The summed E-state index contributed by atoms with van der Waals surface area (Å²) in [5.74, 6) is 1.28. The van der Waals surface area contributed by atoms with Gasteiger partial charge in [0.15, 0.2) is 0 Å². The quantitative estimate of drug-likeness (QED) is 0.859. The van der Waals surface area contributed by atoms with Gasteiger partial charge in [-0.15, -0.1) is 0 Å². The normalized spacial score (nSPS) is 19.1. The van der Waals surface area contributed by atoms with Gasteiger partial charge in [-0.2, -0.15) is 4.98 Å². The van der Waals surface area contributed by atoms with E-state index in [0.29, 0.717) is 24.4 Å². The third-order valence-corrected chi connectivity index (χ3v) is 3.81. The molecule has 1 aliphatic rings. The SMILES string of the molecule is Cc1cccc(C2CCCN2Cc2nc(N(C)C)no2)n1. The van der Waals surface area contributed by atoms with Crippen molar-refractivity contribution in [3.05, 3.63) is 35.5 Å². The van der Waals surface area contributed by atoms with E-state index in [1.807, 2.05) is 32.0 Å². The van der Waals surface area contributed by atoms with Crippen LogP contribution in [0.25, 0.3) is 0 Å². The van der Waals surface area contributed by atoms with Crippen molar-refractivity contribution < 1.29 is 4.52 Å². The Balaban J connectivity index is 1.74. The first-order valence-electron chi connectivity index (χ1n) is 7.31. The van der Waals surface area contributed by atoms with Crippen molar-refractivity contribution in [2.24, 2.45) is 0 Å². The molecule has 0 radical (unpaired) electrons. The van der Waals surface area contributed by atoms with Crippen LogP contribution in [0.5, 0.6) is 0 Å². The van der Waals surface area contributed by atoms with Gasteiger partial charge in [-0.3, -0.25) is 9.88 Å². The molecule has 6 heteroatoms. The summed E-state index contributed by atoms with van der Waals surface area (Å²) in [5.41, 5.74) is 2.20. The number of anilines is 1. The summed E-state index contributed by atoms with van der Waals surface area (Å²) in [5, 5.41) is 3.97. The fourth-order valence-corrected chi connectivity index (χ4v) is 2.77. The van der Waals surface area contributed by atoms with E-state index in [4.69, 9.17) is 4.52 Å². The summed E-state index contributed by atoms with van der Waals surface area (Å²) in [6, 6.07) is 6.56. The molecule has 0 aromatic carbocycles. The van der Waals surface area contributed by atoms with Gasteiger partial charge in [-0.25, -0.2) is 0 Å². The van der Waals surface area contributed by atoms with E-state index >= 15 is 0 Å². The smallest absolute Gasteiger partial charge is 0.265 e. The highest BCUT2D eigenvalue weighted by Gasteiger charge is 2.28.